The first kappa shape index (κ1) is 37.4. The van der Waals surface area contributed by atoms with Crippen molar-refractivity contribution in [1.29, 1.82) is 5.41 Å². The van der Waals surface area contributed by atoms with E-state index in [4.69, 9.17) is 33.8 Å². The van der Waals surface area contributed by atoms with E-state index in [0.717, 1.165) is 6.92 Å². The van der Waals surface area contributed by atoms with Gasteiger partial charge in [0.05, 0.1) is 30.1 Å². The molecule has 0 aromatic carbocycles. The summed E-state index contributed by atoms with van der Waals surface area (Å²) in [5.74, 6) is -8.04. The molecule has 17 nitrogen and oxygen atoms in total. The van der Waals surface area contributed by atoms with Crippen LogP contribution in [0.5, 0.6) is 0 Å². The molecule has 3 aliphatic rings. The lowest BCUT2D eigenvalue weighted by molar-refractivity contribution is -0.340. The number of hydrogen-bond acceptors (Lipinski definition) is 16. The van der Waals surface area contributed by atoms with E-state index in [1.54, 1.807) is 13.8 Å². The van der Waals surface area contributed by atoms with Crippen molar-refractivity contribution in [3.05, 3.63) is 11.3 Å². The van der Waals surface area contributed by atoms with Gasteiger partial charge in [0.2, 0.25) is 5.78 Å². The Labute approximate surface area is 264 Å². The number of carbonyl (C=O) groups is 4. The molecule has 0 aromatic heterocycles. The lowest BCUT2D eigenvalue weighted by Gasteiger charge is -2.51. The van der Waals surface area contributed by atoms with Gasteiger partial charge in [-0.15, -0.1) is 0 Å². The molecule has 7 N–H and O–H groups in total. The third kappa shape index (κ3) is 7.11. The molecule has 0 radical (unpaired) electrons. The van der Waals surface area contributed by atoms with Crippen LogP contribution in [0.3, 0.4) is 0 Å². The summed E-state index contributed by atoms with van der Waals surface area (Å²) in [6.45, 7) is 6.87. The first-order valence-corrected chi connectivity index (χ1v) is 14.8. The van der Waals surface area contributed by atoms with Crippen molar-refractivity contribution in [2.45, 2.75) is 114 Å². The number of rotatable bonds is 11. The van der Waals surface area contributed by atoms with E-state index in [1.165, 1.54) is 21.0 Å². The minimum absolute atomic E-state index is 0.228. The van der Waals surface area contributed by atoms with Gasteiger partial charge in [-0.2, -0.15) is 0 Å². The molecule has 2 saturated heterocycles. The Balaban J connectivity index is 1.93. The number of ether oxygens (including phenoxy) is 6. The zero-order valence-electron chi connectivity index (χ0n) is 26.3. The van der Waals surface area contributed by atoms with Crippen LogP contribution >= 0.6 is 0 Å². The van der Waals surface area contributed by atoms with Crippen LogP contribution in [0, 0.1) is 17.2 Å². The van der Waals surface area contributed by atoms with Gasteiger partial charge in [0.15, 0.2) is 11.9 Å². The summed E-state index contributed by atoms with van der Waals surface area (Å²) in [5, 5.41) is 72.9. The maximum absolute atomic E-state index is 12.6. The summed E-state index contributed by atoms with van der Waals surface area (Å²) in [7, 11) is 1.30. The highest BCUT2D eigenvalue weighted by molar-refractivity contribution is 6.52. The predicted octanol–water partition coefficient (Wildman–Crippen LogP) is -1.24. The van der Waals surface area contributed by atoms with E-state index in [9.17, 15) is 49.8 Å². The molecule has 0 spiro atoms. The van der Waals surface area contributed by atoms with E-state index in [1.807, 2.05) is 0 Å². The number of nitrogens with one attached hydrogen (secondary N) is 1. The van der Waals surface area contributed by atoms with Gasteiger partial charge in [-0.05, 0) is 20.3 Å². The summed E-state index contributed by atoms with van der Waals surface area (Å²) in [6.07, 6.45) is -15.4. The normalized spacial score (nSPS) is 38.2. The molecule has 260 valence electrons. The number of esters is 2. The summed E-state index contributed by atoms with van der Waals surface area (Å²) in [6, 6.07) is 0. The average molecular weight is 662 g/mol. The largest absolute Gasteiger partial charge is 0.511 e. The maximum Gasteiger partial charge on any atom is 0.341 e. The Bertz CT molecular complexity index is 1220. The number of methoxy groups -OCH3 is 1. The third-order valence-corrected chi connectivity index (χ3v) is 8.90. The number of Topliss-reactive ketones (excluding diaryl/α,β-unsaturated/α-hetero) is 1. The zero-order valence-corrected chi connectivity index (χ0v) is 26.3. The highest BCUT2D eigenvalue weighted by Crippen LogP contribution is 2.40. The lowest BCUT2D eigenvalue weighted by atomic mass is 9.76. The fraction of sp³-hybridized carbons (Fsp3) is 0.759. The van der Waals surface area contributed by atoms with Crippen molar-refractivity contribution < 1.29 is 78.2 Å². The molecule has 46 heavy (non-hydrogen) atoms. The fourth-order valence-electron chi connectivity index (χ4n) is 5.90. The Kier molecular flexibility index (Phi) is 12.1. The van der Waals surface area contributed by atoms with E-state index in [-0.39, 0.29) is 6.42 Å². The second-order valence-electron chi connectivity index (χ2n) is 11.7. The Morgan fingerprint density at radius 2 is 1.76 bits per heavy atom. The molecule has 17 heteroatoms. The molecule has 2 heterocycles. The average Bonchev–Trinajstić information content (AvgIpc) is 2.99. The smallest absolute Gasteiger partial charge is 0.341 e. The molecule has 13 atom stereocenters. The van der Waals surface area contributed by atoms with Crippen LogP contribution in [-0.2, 0) is 47.6 Å². The van der Waals surface area contributed by atoms with Gasteiger partial charge in [0.1, 0.15) is 60.3 Å². The molecule has 0 aromatic rings. The maximum atomic E-state index is 12.6. The molecular formula is C29H43NO16. The Morgan fingerprint density at radius 3 is 2.30 bits per heavy atom. The van der Waals surface area contributed by atoms with Crippen LogP contribution in [0.25, 0.3) is 0 Å². The molecule has 2 aliphatic heterocycles. The minimum atomic E-state index is -2.24. The van der Waals surface area contributed by atoms with Crippen LogP contribution in [0.4, 0.5) is 0 Å². The quantitative estimate of drug-likeness (QED) is 0.128. The van der Waals surface area contributed by atoms with Gasteiger partial charge in [0, 0.05) is 20.5 Å². The van der Waals surface area contributed by atoms with Crippen LogP contribution in [0.2, 0.25) is 0 Å². The Hall–Kier alpha value is -3.03. The fourth-order valence-corrected chi connectivity index (χ4v) is 5.90. The number of hydrogen-bond donors (Lipinski definition) is 7. The van der Waals surface area contributed by atoms with Gasteiger partial charge >= 0.3 is 17.9 Å². The molecular weight excluding hydrogens is 618 g/mol. The number of carboxylic acid groups (broad SMARTS) is 1. The molecule has 2 fully saturated rings. The number of carboxylic acids is 1. The Morgan fingerprint density at radius 1 is 1.13 bits per heavy atom. The van der Waals surface area contributed by atoms with Gasteiger partial charge in [-0.3, -0.25) is 19.8 Å². The van der Waals surface area contributed by atoms with Crippen LogP contribution < -0.4 is 0 Å². The van der Waals surface area contributed by atoms with Crippen LogP contribution in [0.15, 0.2) is 11.3 Å². The zero-order chi connectivity index (χ0) is 34.8. The van der Waals surface area contributed by atoms with Crippen molar-refractivity contribution in [2.24, 2.45) is 11.8 Å². The van der Waals surface area contributed by atoms with Crippen LogP contribution in [0.1, 0.15) is 47.5 Å². The predicted molar refractivity (Wildman–Crippen MR) is 151 cm³/mol. The van der Waals surface area contributed by atoms with E-state index < -0.39 is 126 Å². The summed E-state index contributed by atoms with van der Waals surface area (Å²) in [5.41, 5.74) is -4.16. The SMILES string of the molecule is CCC(C)C(=O)OC(C)C1(O)C(C)OC(OC2C(O)C(COC(C)=O)OC(C3C(O)=C(C(=O)O)C(=N)C(=O)C3O)C2O)CC1OC. The number of aliphatic hydroxyl groups is 5. The number of aliphatic hydroxyl groups excluding tert-OH is 4. The molecule has 0 amide bonds. The summed E-state index contributed by atoms with van der Waals surface area (Å²) < 4.78 is 33.5. The van der Waals surface area contributed by atoms with Crippen molar-refractivity contribution in [3.8, 4) is 0 Å². The van der Waals surface area contributed by atoms with Gasteiger partial charge in [-0.1, -0.05) is 13.8 Å². The van der Waals surface area contributed by atoms with Crippen molar-refractivity contribution in [2.75, 3.05) is 13.7 Å². The first-order valence-electron chi connectivity index (χ1n) is 14.8. The highest BCUT2D eigenvalue weighted by atomic mass is 16.7. The number of aliphatic carboxylic acids is 1. The van der Waals surface area contributed by atoms with Gasteiger partial charge in [-0.25, -0.2) is 4.79 Å². The van der Waals surface area contributed by atoms with E-state index >= 15 is 0 Å². The molecule has 1 aliphatic carbocycles. The second-order valence-corrected chi connectivity index (χ2v) is 11.7. The molecule has 0 bridgehead atoms. The van der Waals surface area contributed by atoms with E-state index in [2.05, 4.69) is 0 Å². The van der Waals surface area contributed by atoms with Crippen molar-refractivity contribution >= 4 is 29.4 Å². The topological polar surface area (TPSA) is 269 Å². The van der Waals surface area contributed by atoms with Crippen molar-refractivity contribution in [1.82, 2.24) is 0 Å². The van der Waals surface area contributed by atoms with Crippen molar-refractivity contribution in [3.63, 3.8) is 0 Å². The minimum Gasteiger partial charge on any atom is -0.511 e. The molecule has 3 rings (SSSR count). The standard InChI is InChI=1S/C29H43NO16/c1-7-10(2)28(39)44-12(4)29(40)11(3)43-16(8-15(29)41-6)46-26-20(32)14(9-42-13(5)31)45-25(24(26)36)18-21(33)17(27(37)38)19(30)23(35)22(18)34/h10-12,14-16,18,20,22,24-26,30,32-34,36,40H,7-9H2,1-6H3,(H,37,38). The second kappa shape index (κ2) is 14.8. The molecule has 0 saturated carbocycles. The highest BCUT2D eigenvalue weighted by Gasteiger charge is 2.58. The van der Waals surface area contributed by atoms with Gasteiger partial charge in [0.25, 0.3) is 0 Å². The number of ketones is 1. The van der Waals surface area contributed by atoms with Gasteiger partial charge < -0.3 is 59.1 Å². The molecule has 13 unspecified atom stereocenters. The summed E-state index contributed by atoms with van der Waals surface area (Å²) >= 11 is 0. The third-order valence-electron chi connectivity index (χ3n) is 8.90. The summed E-state index contributed by atoms with van der Waals surface area (Å²) in [4.78, 5) is 48.3. The van der Waals surface area contributed by atoms with E-state index in [0.29, 0.717) is 6.42 Å². The number of carbonyl (C=O) groups excluding carboxylic acids is 3. The van der Waals surface area contributed by atoms with Crippen LogP contribution in [-0.4, -0.2) is 141 Å². The lowest BCUT2D eigenvalue weighted by Crippen LogP contribution is -2.67. The monoisotopic (exact) mass is 661 g/mol. The first-order chi connectivity index (χ1) is 21.4.